The molecule has 0 saturated carbocycles. The lowest BCUT2D eigenvalue weighted by Crippen LogP contribution is -2.11. The highest BCUT2D eigenvalue weighted by molar-refractivity contribution is 9.10. The Balaban J connectivity index is 2.10. The molecule has 2 aromatic heterocycles. The van der Waals surface area contributed by atoms with E-state index < -0.39 is 0 Å². The van der Waals surface area contributed by atoms with E-state index in [1.807, 2.05) is 6.20 Å². The Morgan fingerprint density at radius 2 is 2.10 bits per heavy atom. The van der Waals surface area contributed by atoms with Crippen molar-refractivity contribution in [3.05, 3.63) is 26.8 Å². The van der Waals surface area contributed by atoms with Crippen LogP contribution < -0.4 is 10.6 Å². The van der Waals surface area contributed by atoms with E-state index in [1.54, 1.807) is 17.5 Å². The summed E-state index contributed by atoms with van der Waals surface area (Å²) in [7, 11) is 0. The van der Waals surface area contributed by atoms with Crippen molar-refractivity contribution in [2.24, 2.45) is 0 Å². The summed E-state index contributed by atoms with van der Waals surface area (Å²) in [6.45, 7) is 7.21. The molecule has 114 valence electrons. The first-order valence-electron chi connectivity index (χ1n) is 7.11. The van der Waals surface area contributed by atoms with Gasteiger partial charge in [0, 0.05) is 23.8 Å². The predicted molar refractivity (Wildman–Crippen MR) is 92.0 cm³/mol. The quantitative estimate of drug-likeness (QED) is 0.763. The molecule has 7 heteroatoms. The minimum Gasteiger partial charge on any atom is -0.360 e. The third-order valence-electron chi connectivity index (χ3n) is 2.92. The van der Waals surface area contributed by atoms with Crippen LogP contribution in [-0.2, 0) is 6.42 Å². The number of rotatable bonds is 7. The lowest BCUT2D eigenvalue weighted by atomic mass is 10.3. The minimum absolute atomic E-state index is 0.112. The number of thiazole rings is 1. The number of aromatic nitrogens is 3. The highest BCUT2D eigenvalue weighted by Crippen LogP contribution is 2.27. The Morgan fingerprint density at radius 3 is 2.76 bits per heavy atom. The molecule has 2 N–H and O–H groups in total. The molecule has 0 bridgehead atoms. The average molecular weight is 370 g/mol. The van der Waals surface area contributed by atoms with Crippen LogP contribution in [0.4, 0.5) is 11.8 Å². The Hall–Kier alpha value is -1.21. The fraction of sp³-hybridized carbons (Fsp3) is 0.500. The normalized spacial score (nSPS) is 12.2. The van der Waals surface area contributed by atoms with Gasteiger partial charge in [-0.25, -0.2) is 9.97 Å². The molecule has 2 rings (SSSR count). The molecule has 0 aliphatic carbocycles. The van der Waals surface area contributed by atoms with E-state index in [0.29, 0.717) is 5.95 Å². The van der Waals surface area contributed by atoms with Crippen molar-refractivity contribution in [2.75, 3.05) is 17.2 Å². The van der Waals surface area contributed by atoms with Crippen LogP contribution in [0.5, 0.6) is 0 Å². The van der Waals surface area contributed by atoms with Crippen molar-refractivity contribution >= 4 is 39.0 Å². The van der Waals surface area contributed by atoms with Crippen LogP contribution in [-0.4, -0.2) is 21.5 Å². The second-order valence-corrected chi connectivity index (χ2v) is 6.70. The molecule has 0 amide bonds. The van der Waals surface area contributed by atoms with Gasteiger partial charge in [0.05, 0.1) is 10.5 Å². The van der Waals surface area contributed by atoms with Gasteiger partial charge in [-0.2, -0.15) is 4.98 Å². The first-order chi connectivity index (χ1) is 10.1. The van der Waals surface area contributed by atoms with Crippen LogP contribution in [0.2, 0.25) is 0 Å². The zero-order valence-electron chi connectivity index (χ0n) is 12.5. The summed E-state index contributed by atoms with van der Waals surface area (Å²) in [5.74, 6) is 1.42. The number of halogens is 1. The third-order valence-corrected chi connectivity index (χ3v) is 4.83. The van der Waals surface area contributed by atoms with Gasteiger partial charge in [-0.05, 0) is 35.7 Å². The second-order valence-electron chi connectivity index (χ2n) is 4.70. The number of nitrogens with one attached hydrogen (secondary N) is 2. The maximum absolute atomic E-state index is 4.50. The maximum atomic E-state index is 4.50. The van der Waals surface area contributed by atoms with Gasteiger partial charge < -0.3 is 10.6 Å². The fourth-order valence-corrected chi connectivity index (χ4v) is 2.91. The van der Waals surface area contributed by atoms with Crippen LogP contribution in [0, 0.1) is 0 Å². The van der Waals surface area contributed by atoms with E-state index in [0.717, 1.165) is 34.7 Å². The number of aryl methyl sites for hydroxylation is 1. The first kappa shape index (κ1) is 16.2. The van der Waals surface area contributed by atoms with Gasteiger partial charge in [-0.15, -0.1) is 11.3 Å². The zero-order valence-corrected chi connectivity index (χ0v) is 14.9. The fourth-order valence-electron chi connectivity index (χ4n) is 1.74. The van der Waals surface area contributed by atoms with E-state index in [4.69, 9.17) is 0 Å². The predicted octanol–water partition coefficient (Wildman–Crippen LogP) is 4.25. The lowest BCUT2D eigenvalue weighted by Gasteiger charge is -2.14. The molecule has 0 fully saturated rings. The monoisotopic (exact) mass is 369 g/mol. The highest BCUT2D eigenvalue weighted by Gasteiger charge is 2.13. The van der Waals surface area contributed by atoms with Crippen LogP contribution in [0.1, 0.15) is 43.1 Å². The van der Waals surface area contributed by atoms with Crippen molar-refractivity contribution in [3.63, 3.8) is 0 Å². The second kappa shape index (κ2) is 7.70. The standard InChI is InChI=1S/C14H20BrN5S/c1-4-6-16-14-18-8-11(15)12(20-14)19-9(3)13-17-7-10(5-2)21-13/h7-9H,4-6H2,1-3H3,(H2,16,18,19,20). The molecule has 0 aliphatic heterocycles. The Bertz CT molecular complexity index is 586. The van der Waals surface area contributed by atoms with E-state index in [2.05, 4.69) is 62.3 Å². The summed E-state index contributed by atoms with van der Waals surface area (Å²) in [4.78, 5) is 14.5. The highest BCUT2D eigenvalue weighted by atomic mass is 79.9. The van der Waals surface area contributed by atoms with Gasteiger partial charge in [0.15, 0.2) is 0 Å². The molecular formula is C14H20BrN5S. The molecule has 1 unspecified atom stereocenters. The van der Waals surface area contributed by atoms with Gasteiger partial charge in [-0.1, -0.05) is 13.8 Å². The van der Waals surface area contributed by atoms with Crippen molar-refractivity contribution in [1.29, 1.82) is 0 Å². The Kier molecular flexibility index (Phi) is 5.93. The average Bonchev–Trinajstić information content (AvgIpc) is 2.97. The maximum Gasteiger partial charge on any atom is 0.224 e. The molecule has 2 heterocycles. The van der Waals surface area contributed by atoms with Crippen molar-refractivity contribution in [3.8, 4) is 0 Å². The van der Waals surface area contributed by atoms with Crippen LogP contribution in [0.3, 0.4) is 0 Å². The van der Waals surface area contributed by atoms with Crippen LogP contribution in [0.15, 0.2) is 16.9 Å². The molecule has 0 aromatic carbocycles. The van der Waals surface area contributed by atoms with E-state index >= 15 is 0 Å². The molecule has 21 heavy (non-hydrogen) atoms. The SMILES string of the molecule is CCCNc1ncc(Br)c(NC(C)c2ncc(CC)s2)n1. The smallest absolute Gasteiger partial charge is 0.224 e. The molecular weight excluding hydrogens is 350 g/mol. The summed E-state index contributed by atoms with van der Waals surface area (Å²) >= 11 is 5.22. The largest absolute Gasteiger partial charge is 0.360 e. The summed E-state index contributed by atoms with van der Waals surface area (Å²) in [6, 6.07) is 0.112. The number of hydrogen-bond donors (Lipinski definition) is 2. The van der Waals surface area contributed by atoms with Crippen molar-refractivity contribution in [2.45, 2.75) is 39.7 Å². The Labute approximate surface area is 137 Å². The topological polar surface area (TPSA) is 62.7 Å². The Morgan fingerprint density at radius 1 is 1.29 bits per heavy atom. The van der Waals surface area contributed by atoms with Gasteiger partial charge in [0.1, 0.15) is 10.8 Å². The van der Waals surface area contributed by atoms with E-state index in [-0.39, 0.29) is 6.04 Å². The first-order valence-corrected chi connectivity index (χ1v) is 8.72. The third kappa shape index (κ3) is 4.38. The molecule has 0 spiro atoms. The summed E-state index contributed by atoms with van der Waals surface area (Å²) < 4.78 is 0.851. The summed E-state index contributed by atoms with van der Waals surface area (Å²) in [6.07, 6.45) is 5.77. The number of anilines is 2. The van der Waals surface area contributed by atoms with E-state index in [1.165, 1.54) is 4.88 Å². The van der Waals surface area contributed by atoms with Gasteiger partial charge in [0.25, 0.3) is 0 Å². The molecule has 0 radical (unpaired) electrons. The van der Waals surface area contributed by atoms with Gasteiger partial charge >= 0.3 is 0 Å². The van der Waals surface area contributed by atoms with Crippen molar-refractivity contribution in [1.82, 2.24) is 15.0 Å². The molecule has 1 atom stereocenters. The summed E-state index contributed by atoms with van der Waals surface area (Å²) in [5, 5.41) is 7.65. The van der Waals surface area contributed by atoms with E-state index in [9.17, 15) is 0 Å². The van der Waals surface area contributed by atoms with Gasteiger partial charge in [0.2, 0.25) is 5.95 Å². The molecule has 5 nitrogen and oxygen atoms in total. The lowest BCUT2D eigenvalue weighted by molar-refractivity contribution is 0.855. The number of hydrogen-bond acceptors (Lipinski definition) is 6. The van der Waals surface area contributed by atoms with Crippen LogP contribution >= 0.6 is 27.3 Å². The molecule has 2 aromatic rings. The summed E-state index contributed by atoms with van der Waals surface area (Å²) in [5.41, 5.74) is 0. The van der Waals surface area contributed by atoms with Gasteiger partial charge in [-0.3, -0.25) is 0 Å². The van der Waals surface area contributed by atoms with Crippen LogP contribution in [0.25, 0.3) is 0 Å². The van der Waals surface area contributed by atoms with Crippen molar-refractivity contribution < 1.29 is 0 Å². The zero-order chi connectivity index (χ0) is 15.2. The molecule has 0 aliphatic rings. The number of nitrogens with zero attached hydrogens (tertiary/aromatic N) is 3. The minimum atomic E-state index is 0.112. The molecule has 0 saturated heterocycles.